The molecule has 2 N–H and O–H groups in total. The van der Waals surface area contributed by atoms with Crippen LogP contribution in [0.2, 0.25) is 0 Å². The van der Waals surface area contributed by atoms with Crippen LogP contribution in [0.5, 0.6) is 0 Å². The van der Waals surface area contributed by atoms with Gasteiger partial charge in [0.1, 0.15) is 6.34 Å². The molecule has 3 nitrogen and oxygen atoms in total. The van der Waals surface area contributed by atoms with Gasteiger partial charge in [0.05, 0.1) is 0 Å². The van der Waals surface area contributed by atoms with Crippen molar-refractivity contribution in [3.05, 3.63) is 12.3 Å². The molecule has 0 heterocycles. The molecule has 0 aliphatic carbocycles. The molecule has 0 saturated carbocycles. The number of nitrogens with zero attached hydrogens (tertiary/aromatic N) is 1. The van der Waals surface area contributed by atoms with Crippen molar-refractivity contribution in [1.82, 2.24) is 10.7 Å². The summed E-state index contributed by atoms with van der Waals surface area (Å²) in [5, 5.41) is 6.45. The molecular formula is C5H11N3. The maximum Gasteiger partial charge on any atom is 0.108 e. The van der Waals surface area contributed by atoms with Gasteiger partial charge in [-0.3, -0.25) is 5.43 Å². The van der Waals surface area contributed by atoms with Crippen molar-refractivity contribution in [2.75, 3.05) is 7.05 Å². The molecule has 0 aromatic carbocycles. The van der Waals surface area contributed by atoms with E-state index >= 15 is 0 Å². The Kier molecular flexibility index (Phi) is 5.27. The number of hydrogen-bond donors (Lipinski definition) is 2. The van der Waals surface area contributed by atoms with E-state index in [2.05, 4.69) is 15.8 Å². The molecule has 8 heavy (non-hydrogen) atoms. The molecule has 3 heteroatoms. The Morgan fingerprint density at radius 2 is 2.25 bits per heavy atom. The Hall–Kier alpha value is -0.990. The fourth-order valence-electron chi connectivity index (χ4n) is 0.219. The van der Waals surface area contributed by atoms with Crippen molar-refractivity contribution in [2.45, 2.75) is 6.92 Å². The SMILES string of the molecule is CC=CN/N=C\NC. The van der Waals surface area contributed by atoms with Crippen molar-refractivity contribution >= 4 is 6.34 Å². The summed E-state index contributed by atoms with van der Waals surface area (Å²) in [6, 6.07) is 0. The summed E-state index contributed by atoms with van der Waals surface area (Å²) in [6.07, 6.45) is 5.18. The quantitative estimate of drug-likeness (QED) is 0.313. The number of hydrazone groups is 1. The maximum absolute atomic E-state index is 3.71. The van der Waals surface area contributed by atoms with Crippen molar-refractivity contribution in [2.24, 2.45) is 5.10 Å². The molecule has 0 unspecified atom stereocenters. The van der Waals surface area contributed by atoms with Gasteiger partial charge < -0.3 is 5.32 Å². The molecule has 0 radical (unpaired) electrons. The second-order valence-corrected chi connectivity index (χ2v) is 1.18. The lowest BCUT2D eigenvalue weighted by atomic mass is 10.7. The molecule has 0 amide bonds. The molecule has 0 aromatic heterocycles. The molecule has 0 fully saturated rings. The summed E-state index contributed by atoms with van der Waals surface area (Å²) in [5.41, 5.74) is 2.66. The van der Waals surface area contributed by atoms with Crippen molar-refractivity contribution in [3.8, 4) is 0 Å². The average Bonchev–Trinajstić information content (AvgIpc) is 1.81. The monoisotopic (exact) mass is 113 g/mol. The van der Waals surface area contributed by atoms with Crippen LogP contribution in [0.15, 0.2) is 17.4 Å². The normalized spacial score (nSPS) is 10.8. The largest absolute Gasteiger partial charge is 0.378 e. The standard InChI is InChI=1S/C5H11N3/c1-3-4-7-8-5-6-2/h3-5,7H,1-2H3,(H,6,8). The highest BCUT2D eigenvalue weighted by molar-refractivity contribution is 5.53. The minimum Gasteiger partial charge on any atom is -0.378 e. The zero-order valence-electron chi connectivity index (χ0n) is 5.18. The van der Waals surface area contributed by atoms with Crippen LogP contribution in [0.4, 0.5) is 0 Å². The van der Waals surface area contributed by atoms with E-state index in [4.69, 9.17) is 0 Å². The average molecular weight is 113 g/mol. The van der Waals surface area contributed by atoms with Gasteiger partial charge in [0.15, 0.2) is 0 Å². The molecule has 0 atom stereocenters. The van der Waals surface area contributed by atoms with Crippen molar-refractivity contribution < 1.29 is 0 Å². The Balaban J connectivity index is 3.03. The Bertz CT molecular complexity index is 85.7. The number of nitrogens with one attached hydrogen (secondary N) is 2. The van der Waals surface area contributed by atoms with Crippen molar-refractivity contribution in [1.29, 1.82) is 0 Å². The van der Waals surface area contributed by atoms with Gasteiger partial charge >= 0.3 is 0 Å². The predicted molar refractivity (Wildman–Crippen MR) is 35.5 cm³/mol. The summed E-state index contributed by atoms with van der Waals surface area (Å²) in [6.45, 7) is 1.92. The molecule has 0 spiro atoms. The molecule has 46 valence electrons. The van der Waals surface area contributed by atoms with Gasteiger partial charge in [-0.2, -0.15) is 5.10 Å². The predicted octanol–water partition coefficient (Wildman–Crippen LogP) is 0.272. The fraction of sp³-hybridized carbons (Fsp3) is 0.400. The topological polar surface area (TPSA) is 36.4 Å². The lowest BCUT2D eigenvalue weighted by Crippen LogP contribution is -2.04. The Morgan fingerprint density at radius 3 is 2.75 bits per heavy atom. The first kappa shape index (κ1) is 7.01. The minimum atomic E-state index is 1.57. The Morgan fingerprint density at radius 1 is 1.50 bits per heavy atom. The van der Waals surface area contributed by atoms with Gasteiger partial charge in [-0.15, -0.1) is 0 Å². The Labute approximate surface area is 49.5 Å². The van der Waals surface area contributed by atoms with Crippen LogP contribution in [0.3, 0.4) is 0 Å². The lowest BCUT2D eigenvalue weighted by molar-refractivity contribution is 0.955. The van der Waals surface area contributed by atoms with Crippen LogP contribution < -0.4 is 10.7 Å². The third kappa shape index (κ3) is 5.01. The molecule has 0 aliphatic rings. The van der Waals surface area contributed by atoms with E-state index in [9.17, 15) is 0 Å². The van der Waals surface area contributed by atoms with Gasteiger partial charge in [0.2, 0.25) is 0 Å². The maximum atomic E-state index is 3.71. The summed E-state index contributed by atoms with van der Waals surface area (Å²) in [7, 11) is 1.79. The van der Waals surface area contributed by atoms with Crippen LogP contribution in [-0.4, -0.2) is 13.4 Å². The number of hydrogen-bond acceptors (Lipinski definition) is 2. The first-order valence-corrected chi connectivity index (χ1v) is 2.47. The van der Waals surface area contributed by atoms with E-state index in [1.807, 2.05) is 13.0 Å². The second kappa shape index (κ2) is 6.01. The van der Waals surface area contributed by atoms with Gasteiger partial charge in [-0.1, -0.05) is 6.08 Å². The molecule has 0 bridgehead atoms. The molecule has 0 aromatic rings. The van der Waals surface area contributed by atoms with E-state index in [0.717, 1.165) is 0 Å². The van der Waals surface area contributed by atoms with E-state index < -0.39 is 0 Å². The van der Waals surface area contributed by atoms with Gasteiger partial charge in [-0.05, 0) is 6.92 Å². The van der Waals surface area contributed by atoms with Crippen LogP contribution in [0, 0.1) is 0 Å². The van der Waals surface area contributed by atoms with Crippen LogP contribution in [0.1, 0.15) is 6.92 Å². The third-order valence-corrected chi connectivity index (χ3v) is 0.509. The highest BCUT2D eigenvalue weighted by Crippen LogP contribution is 1.59. The van der Waals surface area contributed by atoms with E-state index in [1.165, 1.54) is 0 Å². The zero-order valence-corrected chi connectivity index (χ0v) is 5.18. The summed E-state index contributed by atoms with van der Waals surface area (Å²) in [5.74, 6) is 0. The first-order chi connectivity index (χ1) is 3.91. The minimum absolute atomic E-state index is 1.57. The van der Waals surface area contributed by atoms with Gasteiger partial charge in [0.25, 0.3) is 0 Å². The summed E-state index contributed by atoms with van der Waals surface area (Å²) >= 11 is 0. The van der Waals surface area contributed by atoms with Crippen LogP contribution in [0.25, 0.3) is 0 Å². The van der Waals surface area contributed by atoms with E-state index in [1.54, 1.807) is 19.6 Å². The number of rotatable bonds is 3. The van der Waals surface area contributed by atoms with Crippen LogP contribution >= 0.6 is 0 Å². The van der Waals surface area contributed by atoms with E-state index in [0.29, 0.717) is 0 Å². The lowest BCUT2D eigenvalue weighted by Gasteiger charge is -1.85. The van der Waals surface area contributed by atoms with Gasteiger partial charge in [-0.25, -0.2) is 0 Å². The van der Waals surface area contributed by atoms with Crippen molar-refractivity contribution in [3.63, 3.8) is 0 Å². The second-order valence-electron chi connectivity index (χ2n) is 1.18. The third-order valence-electron chi connectivity index (χ3n) is 0.509. The highest BCUT2D eigenvalue weighted by Gasteiger charge is 1.59. The first-order valence-electron chi connectivity index (χ1n) is 2.47. The summed E-state index contributed by atoms with van der Waals surface area (Å²) < 4.78 is 0. The molecule has 0 aliphatic heterocycles. The van der Waals surface area contributed by atoms with Gasteiger partial charge in [0, 0.05) is 13.2 Å². The molecule has 0 rings (SSSR count). The molecular weight excluding hydrogens is 102 g/mol. The zero-order chi connectivity index (χ0) is 6.24. The van der Waals surface area contributed by atoms with Crippen LogP contribution in [-0.2, 0) is 0 Å². The summed E-state index contributed by atoms with van der Waals surface area (Å²) in [4.78, 5) is 0. The fourth-order valence-corrected chi connectivity index (χ4v) is 0.219. The van der Waals surface area contributed by atoms with E-state index in [-0.39, 0.29) is 0 Å². The molecule has 0 saturated heterocycles. The number of allylic oxidation sites excluding steroid dienone is 1. The smallest absolute Gasteiger partial charge is 0.108 e. The highest BCUT2D eigenvalue weighted by atomic mass is 15.3.